The van der Waals surface area contributed by atoms with Gasteiger partial charge in [0.2, 0.25) is 24.2 Å². The van der Waals surface area contributed by atoms with Crippen LogP contribution < -0.4 is 21.5 Å². The molecule has 0 unspecified atom stereocenters. The number of hydrogen-bond acceptors (Lipinski definition) is 10. The van der Waals surface area contributed by atoms with E-state index < -0.39 is 0 Å². The minimum absolute atomic E-state index is 0.292. The summed E-state index contributed by atoms with van der Waals surface area (Å²) in [5, 5.41) is 6.75. The zero-order chi connectivity index (χ0) is 13.7. The Hall–Kier alpha value is -2.49. The van der Waals surface area contributed by atoms with Crippen molar-refractivity contribution in [1.82, 2.24) is 25.1 Å². The van der Waals surface area contributed by atoms with Crippen molar-refractivity contribution in [3.63, 3.8) is 0 Å². The lowest BCUT2D eigenvalue weighted by atomic mass is 10.4. The van der Waals surface area contributed by atoms with Gasteiger partial charge in [-0.05, 0) is 0 Å². The molecular weight excluding hydrogens is 250 g/mol. The van der Waals surface area contributed by atoms with Crippen LogP contribution in [0.15, 0.2) is 10.9 Å². The third kappa shape index (κ3) is 3.48. The van der Waals surface area contributed by atoms with Gasteiger partial charge in [0.25, 0.3) is 0 Å². The summed E-state index contributed by atoms with van der Waals surface area (Å²) in [5.74, 6) is 7.15. The first-order valence-corrected chi connectivity index (χ1v) is 5.58. The van der Waals surface area contributed by atoms with Gasteiger partial charge in [-0.15, -0.1) is 0 Å². The van der Waals surface area contributed by atoms with Crippen LogP contribution in [0.1, 0.15) is 5.82 Å². The van der Waals surface area contributed by atoms with Crippen LogP contribution in [-0.2, 0) is 6.42 Å². The second-order valence-electron chi connectivity index (χ2n) is 3.85. The summed E-state index contributed by atoms with van der Waals surface area (Å²) in [7, 11) is 3.66. The van der Waals surface area contributed by atoms with Crippen molar-refractivity contribution in [1.29, 1.82) is 0 Å². The lowest BCUT2D eigenvalue weighted by molar-refractivity contribution is 0.410. The van der Waals surface area contributed by atoms with E-state index in [4.69, 9.17) is 5.84 Å². The van der Waals surface area contributed by atoms with Gasteiger partial charge >= 0.3 is 0 Å². The number of nitrogens with one attached hydrogen (secondary N) is 2. The first-order chi connectivity index (χ1) is 9.19. The van der Waals surface area contributed by atoms with Crippen LogP contribution in [0.25, 0.3) is 0 Å². The molecule has 2 rings (SSSR count). The van der Waals surface area contributed by atoms with Crippen molar-refractivity contribution in [3.8, 4) is 0 Å². The van der Waals surface area contributed by atoms with E-state index in [1.807, 2.05) is 14.1 Å². The molecule has 10 nitrogen and oxygen atoms in total. The number of rotatable bonds is 6. The van der Waals surface area contributed by atoms with Crippen molar-refractivity contribution in [2.24, 2.45) is 5.84 Å². The van der Waals surface area contributed by atoms with Crippen LogP contribution >= 0.6 is 0 Å². The van der Waals surface area contributed by atoms with Gasteiger partial charge in [-0.25, -0.2) is 5.84 Å². The Labute approximate surface area is 109 Å². The standard InChI is InChI=1S/C9H15N9O/c1-18(2)9-14-7(13-8(15-9)16-10)11-4-3-6-12-5-19-17-6/h5H,3-4,10H2,1-2H3,(H2,11,13,14,15,16). The fourth-order valence-corrected chi connectivity index (χ4v) is 1.30. The Morgan fingerprint density at radius 2 is 2.05 bits per heavy atom. The minimum Gasteiger partial charge on any atom is -0.354 e. The monoisotopic (exact) mass is 265 g/mol. The van der Waals surface area contributed by atoms with Gasteiger partial charge < -0.3 is 14.7 Å². The topological polar surface area (TPSA) is 131 Å². The summed E-state index contributed by atoms with van der Waals surface area (Å²) in [6, 6.07) is 0. The number of nitrogens with two attached hydrogens (primary N) is 1. The maximum Gasteiger partial charge on any atom is 0.243 e. The fourth-order valence-electron chi connectivity index (χ4n) is 1.30. The highest BCUT2D eigenvalue weighted by molar-refractivity contribution is 5.42. The molecule has 19 heavy (non-hydrogen) atoms. The van der Waals surface area contributed by atoms with Crippen molar-refractivity contribution >= 4 is 17.8 Å². The molecule has 4 N–H and O–H groups in total. The van der Waals surface area contributed by atoms with E-state index in [-0.39, 0.29) is 0 Å². The van der Waals surface area contributed by atoms with Crippen LogP contribution in [-0.4, -0.2) is 45.7 Å². The third-order valence-electron chi connectivity index (χ3n) is 2.19. The molecule has 102 valence electrons. The average Bonchev–Trinajstić information content (AvgIpc) is 2.91. The highest BCUT2D eigenvalue weighted by atomic mass is 16.5. The maximum atomic E-state index is 5.31. The van der Waals surface area contributed by atoms with Gasteiger partial charge in [0.1, 0.15) is 0 Å². The largest absolute Gasteiger partial charge is 0.354 e. The Morgan fingerprint density at radius 3 is 2.68 bits per heavy atom. The molecule has 0 aromatic carbocycles. The molecule has 2 heterocycles. The Bertz CT molecular complexity index is 512. The van der Waals surface area contributed by atoms with Crippen LogP contribution in [0, 0.1) is 0 Å². The first kappa shape index (κ1) is 13.0. The first-order valence-electron chi connectivity index (χ1n) is 5.58. The van der Waals surface area contributed by atoms with E-state index in [0.29, 0.717) is 36.6 Å². The van der Waals surface area contributed by atoms with Crippen molar-refractivity contribution < 1.29 is 4.52 Å². The molecule has 10 heteroatoms. The molecule has 0 aliphatic carbocycles. The van der Waals surface area contributed by atoms with Crippen molar-refractivity contribution in [2.45, 2.75) is 6.42 Å². The number of nitrogens with zero attached hydrogens (tertiary/aromatic N) is 6. The molecule has 0 aliphatic rings. The minimum atomic E-state index is 0.292. The molecule has 0 saturated heterocycles. The summed E-state index contributed by atoms with van der Waals surface area (Å²) >= 11 is 0. The van der Waals surface area contributed by atoms with Crippen LogP contribution in [0.4, 0.5) is 17.8 Å². The smallest absolute Gasteiger partial charge is 0.243 e. The highest BCUT2D eigenvalue weighted by Crippen LogP contribution is 2.10. The highest BCUT2D eigenvalue weighted by Gasteiger charge is 2.07. The van der Waals surface area contributed by atoms with Gasteiger partial charge in [-0.1, -0.05) is 5.16 Å². The Kier molecular flexibility index (Phi) is 4.03. The molecule has 0 amide bonds. The second-order valence-corrected chi connectivity index (χ2v) is 3.85. The summed E-state index contributed by atoms with van der Waals surface area (Å²) in [4.78, 5) is 18.1. The van der Waals surface area contributed by atoms with Crippen LogP contribution in [0.3, 0.4) is 0 Å². The van der Waals surface area contributed by atoms with Gasteiger partial charge in [0.05, 0.1) is 0 Å². The van der Waals surface area contributed by atoms with E-state index in [1.54, 1.807) is 4.90 Å². The number of hydrogen-bond donors (Lipinski definition) is 3. The summed E-state index contributed by atoms with van der Waals surface area (Å²) in [6.45, 7) is 0.570. The second kappa shape index (κ2) is 5.91. The van der Waals surface area contributed by atoms with Gasteiger partial charge in [0, 0.05) is 27.1 Å². The lowest BCUT2D eigenvalue weighted by Gasteiger charge is -2.12. The summed E-state index contributed by atoms with van der Waals surface area (Å²) < 4.78 is 4.64. The number of nitrogen functional groups attached to an aromatic ring is 1. The molecule has 2 aromatic rings. The summed E-state index contributed by atoms with van der Waals surface area (Å²) in [5.41, 5.74) is 2.40. The predicted molar refractivity (Wildman–Crippen MR) is 68.5 cm³/mol. The quantitative estimate of drug-likeness (QED) is 0.453. The predicted octanol–water partition coefficient (Wildman–Crippen LogP) is -0.739. The number of hydrazine groups is 1. The molecular formula is C9H15N9O. The molecule has 2 aromatic heterocycles. The molecule has 0 aliphatic heterocycles. The molecule has 0 radical (unpaired) electrons. The fraction of sp³-hybridized carbons (Fsp3) is 0.444. The van der Waals surface area contributed by atoms with E-state index >= 15 is 0 Å². The number of anilines is 3. The third-order valence-corrected chi connectivity index (χ3v) is 2.19. The van der Waals surface area contributed by atoms with E-state index in [0.717, 1.165) is 0 Å². The van der Waals surface area contributed by atoms with Gasteiger partial charge in [-0.2, -0.15) is 19.9 Å². The maximum absolute atomic E-state index is 5.31. The molecule has 0 bridgehead atoms. The normalized spacial score (nSPS) is 10.3. The zero-order valence-corrected chi connectivity index (χ0v) is 10.7. The van der Waals surface area contributed by atoms with Crippen LogP contribution in [0.2, 0.25) is 0 Å². The molecule has 0 saturated carbocycles. The molecule has 0 fully saturated rings. The zero-order valence-electron chi connectivity index (χ0n) is 10.7. The molecule has 0 spiro atoms. The van der Waals surface area contributed by atoms with E-state index in [9.17, 15) is 0 Å². The molecule has 0 atom stereocenters. The summed E-state index contributed by atoms with van der Waals surface area (Å²) in [6.07, 6.45) is 1.89. The van der Waals surface area contributed by atoms with Gasteiger partial charge in [-0.3, -0.25) is 5.43 Å². The van der Waals surface area contributed by atoms with Crippen molar-refractivity contribution in [2.75, 3.05) is 36.3 Å². The average molecular weight is 265 g/mol. The Balaban J connectivity index is 2.00. The number of aromatic nitrogens is 5. The van der Waals surface area contributed by atoms with E-state index in [1.165, 1.54) is 6.39 Å². The SMILES string of the molecule is CN(C)c1nc(NN)nc(NCCc2ncon2)n1. The van der Waals surface area contributed by atoms with Crippen molar-refractivity contribution in [3.05, 3.63) is 12.2 Å². The van der Waals surface area contributed by atoms with Crippen LogP contribution in [0.5, 0.6) is 0 Å². The van der Waals surface area contributed by atoms with E-state index in [2.05, 4.69) is 40.4 Å². The Morgan fingerprint density at radius 1 is 1.26 bits per heavy atom. The van der Waals surface area contributed by atoms with Gasteiger partial charge in [0.15, 0.2) is 5.82 Å². The lowest BCUT2D eigenvalue weighted by Crippen LogP contribution is -2.19.